The molecular weight excluding hydrogens is 390 g/mol. The molecule has 0 aromatic carbocycles. The molecule has 0 saturated carbocycles. The first kappa shape index (κ1) is 18.4. The molecule has 28 heavy (non-hydrogen) atoms. The second-order valence-corrected chi connectivity index (χ2v) is 6.42. The second-order valence-electron chi connectivity index (χ2n) is 6.42. The van der Waals surface area contributed by atoms with Crippen LogP contribution in [0.2, 0.25) is 0 Å². The largest absolute Gasteiger partial charge is 0.420 e. The summed E-state index contributed by atoms with van der Waals surface area (Å²) in [6, 6.07) is 0.978. The van der Waals surface area contributed by atoms with Crippen molar-refractivity contribution in [1.82, 2.24) is 24.8 Å². The van der Waals surface area contributed by atoms with E-state index in [0.29, 0.717) is 11.3 Å². The van der Waals surface area contributed by atoms with Crippen LogP contribution in [0.1, 0.15) is 27.9 Å². The lowest BCUT2D eigenvalue weighted by molar-refractivity contribution is -0.138. The third kappa shape index (κ3) is 3.02. The Kier molecular flexibility index (Phi) is 3.98. The van der Waals surface area contributed by atoms with Crippen molar-refractivity contribution in [2.45, 2.75) is 32.2 Å². The molecule has 4 heterocycles. The molecule has 0 aliphatic carbocycles. The van der Waals surface area contributed by atoms with Gasteiger partial charge in [0.15, 0.2) is 11.5 Å². The predicted octanol–water partition coefficient (Wildman–Crippen LogP) is 3.43. The fourth-order valence-electron chi connectivity index (χ4n) is 3.33. The zero-order chi connectivity index (χ0) is 20.3. The van der Waals surface area contributed by atoms with Crippen molar-refractivity contribution in [3.8, 4) is 0 Å². The highest BCUT2D eigenvalue weighted by Crippen LogP contribution is 2.38. The number of halogens is 6. The van der Waals surface area contributed by atoms with Gasteiger partial charge in [-0.3, -0.25) is 4.98 Å². The molecular formula is C16H12F6N6. The minimum Gasteiger partial charge on any atom is -0.350 e. The van der Waals surface area contributed by atoms with Crippen molar-refractivity contribution < 1.29 is 26.3 Å². The average Bonchev–Trinajstić information content (AvgIpc) is 3.06. The lowest BCUT2D eigenvalue weighted by Crippen LogP contribution is -2.33. The third-order valence-corrected chi connectivity index (χ3v) is 4.62. The maximum absolute atomic E-state index is 13.6. The highest BCUT2D eigenvalue weighted by atomic mass is 19.4. The minimum atomic E-state index is -4.69. The molecule has 3 aromatic heterocycles. The van der Waals surface area contributed by atoms with Gasteiger partial charge in [-0.25, -0.2) is 0 Å². The van der Waals surface area contributed by atoms with Crippen LogP contribution in [0.15, 0.2) is 18.6 Å². The van der Waals surface area contributed by atoms with Crippen LogP contribution in [0.3, 0.4) is 0 Å². The van der Waals surface area contributed by atoms with E-state index in [0.717, 1.165) is 23.1 Å². The monoisotopic (exact) mass is 402 g/mol. The van der Waals surface area contributed by atoms with E-state index in [1.165, 1.54) is 11.8 Å². The fourth-order valence-corrected chi connectivity index (χ4v) is 3.33. The van der Waals surface area contributed by atoms with E-state index < -0.39 is 29.1 Å². The van der Waals surface area contributed by atoms with Crippen LogP contribution >= 0.6 is 0 Å². The maximum Gasteiger partial charge on any atom is 0.420 e. The summed E-state index contributed by atoms with van der Waals surface area (Å²) in [6.45, 7) is 1.49. The number of hydrogen-bond donors (Lipinski definition) is 0. The second kappa shape index (κ2) is 6.04. The van der Waals surface area contributed by atoms with Crippen molar-refractivity contribution in [3.05, 3.63) is 46.5 Å². The van der Waals surface area contributed by atoms with Crippen LogP contribution in [-0.2, 0) is 25.3 Å². The number of pyridine rings is 1. The first-order chi connectivity index (χ1) is 13.1. The molecule has 0 bridgehead atoms. The van der Waals surface area contributed by atoms with E-state index in [9.17, 15) is 26.3 Å². The van der Waals surface area contributed by atoms with Gasteiger partial charge in [0.05, 0.1) is 5.56 Å². The molecule has 0 amide bonds. The number of nitrogens with zero attached hydrogens (tertiary/aromatic N) is 6. The molecule has 6 nitrogen and oxygen atoms in total. The van der Waals surface area contributed by atoms with Gasteiger partial charge in [-0.2, -0.15) is 30.9 Å². The normalized spacial score (nSPS) is 15.2. The number of rotatable bonds is 1. The molecule has 0 atom stereocenters. The zero-order valence-corrected chi connectivity index (χ0v) is 14.3. The summed E-state index contributed by atoms with van der Waals surface area (Å²) in [6.07, 6.45) is -7.13. The van der Waals surface area contributed by atoms with Crippen LogP contribution in [-0.4, -0.2) is 31.3 Å². The molecule has 0 saturated heterocycles. The standard InChI is InChI=1S/C16H12F6N6/c1-8-12(16(20,21)22)14-25-24-7-28(14)26-13(8)27-3-2-11-9(6-27)4-10(5-23-11)15(17,18)19/h4-5,7H,2-3,6H2,1H3. The lowest BCUT2D eigenvalue weighted by Gasteiger charge is -2.31. The maximum atomic E-state index is 13.6. The average molecular weight is 402 g/mol. The SMILES string of the molecule is Cc1c(N2CCc3ncc(C(F)(F)F)cc3C2)nn2cnnc2c1C(F)(F)F. The van der Waals surface area contributed by atoms with Gasteiger partial charge in [-0.1, -0.05) is 0 Å². The molecule has 0 N–H and O–H groups in total. The molecule has 0 radical (unpaired) electrons. The van der Waals surface area contributed by atoms with E-state index in [4.69, 9.17) is 0 Å². The number of hydrogen-bond acceptors (Lipinski definition) is 5. The number of anilines is 1. The van der Waals surface area contributed by atoms with Gasteiger partial charge in [-0.05, 0) is 18.6 Å². The van der Waals surface area contributed by atoms with Crippen LogP contribution in [0.25, 0.3) is 5.65 Å². The molecule has 0 fully saturated rings. The minimum absolute atomic E-state index is 0.0164. The summed E-state index contributed by atoms with van der Waals surface area (Å²) >= 11 is 0. The Labute approximate surface area is 153 Å². The quantitative estimate of drug-likeness (QED) is 0.584. The van der Waals surface area contributed by atoms with E-state index in [2.05, 4.69) is 20.3 Å². The van der Waals surface area contributed by atoms with E-state index in [1.807, 2.05) is 0 Å². The fraction of sp³-hybridized carbons (Fsp3) is 0.375. The van der Waals surface area contributed by atoms with Crippen molar-refractivity contribution in [2.24, 2.45) is 0 Å². The topological polar surface area (TPSA) is 59.2 Å². The van der Waals surface area contributed by atoms with Crippen molar-refractivity contribution >= 4 is 11.5 Å². The number of alkyl halides is 6. The Morgan fingerprint density at radius 2 is 1.82 bits per heavy atom. The van der Waals surface area contributed by atoms with Gasteiger partial charge in [-0.15, -0.1) is 15.3 Å². The van der Waals surface area contributed by atoms with Crippen molar-refractivity contribution in [2.75, 3.05) is 11.4 Å². The van der Waals surface area contributed by atoms with Crippen molar-refractivity contribution in [1.29, 1.82) is 0 Å². The zero-order valence-electron chi connectivity index (χ0n) is 14.3. The molecule has 12 heteroatoms. The highest BCUT2D eigenvalue weighted by Gasteiger charge is 2.39. The van der Waals surface area contributed by atoms with Crippen molar-refractivity contribution in [3.63, 3.8) is 0 Å². The van der Waals surface area contributed by atoms with Crippen LogP contribution < -0.4 is 4.90 Å². The van der Waals surface area contributed by atoms with Crippen LogP contribution in [0.4, 0.5) is 32.2 Å². The Balaban J connectivity index is 1.79. The smallest absolute Gasteiger partial charge is 0.350 e. The van der Waals surface area contributed by atoms with Crippen LogP contribution in [0.5, 0.6) is 0 Å². The molecule has 148 valence electrons. The van der Waals surface area contributed by atoms with E-state index in [1.54, 1.807) is 0 Å². The first-order valence-corrected chi connectivity index (χ1v) is 8.13. The van der Waals surface area contributed by atoms with E-state index >= 15 is 0 Å². The first-order valence-electron chi connectivity index (χ1n) is 8.13. The molecule has 1 aliphatic heterocycles. The Hall–Kier alpha value is -2.92. The Bertz CT molecular complexity index is 1050. The third-order valence-electron chi connectivity index (χ3n) is 4.62. The summed E-state index contributed by atoms with van der Waals surface area (Å²) < 4.78 is 80.5. The van der Waals surface area contributed by atoms with Gasteiger partial charge in [0.2, 0.25) is 0 Å². The summed E-state index contributed by atoms with van der Waals surface area (Å²) in [5.41, 5.74) is -1.66. The van der Waals surface area contributed by atoms with Gasteiger partial charge in [0.25, 0.3) is 0 Å². The molecule has 3 aromatic rings. The van der Waals surface area contributed by atoms with Gasteiger partial charge < -0.3 is 4.90 Å². The van der Waals surface area contributed by atoms with Gasteiger partial charge >= 0.3 is 12.4 Å². The Morgan fingerprint density at radius 3 is 2.50 bits per heavy atom. The molecule has 4 rings (SSSR count). The molecule has 1 aliphatic rings. The van der Waals surface area contributed by atoms with E-state index in [-0.39, 0.29) is 30.9 Å². The van der Waals surface area contributed by atoms with Crippen LogP contribution in [0, 0.1) is 6.92 Å². The summed E-state index contributed by atoms with van der Waals surface area (Å²) in [5, 5.41) is 11.1. The summed E-state index contributed by atoms with van der Waals surface area (Å²) in [5.74, 6) is 0.0164. The lowest BCUT2D eigenvalue weighted by atomic mass is 10.0. The predicted molar refractivity (Wildman–Crippen MR) is 84.5 cm³/mol. The van der Waals surface area contributed by atoms with Gasteiger partial charge in [0, 0.05) is 37.0 Å². The number of aromatic nitrogens is 5. The molecule has 0 unspecified atom stereocenters. The summed E-state index contributed by atoms with van der Waals surface area (Å²) in [7, 11) is 0. The Morgan fingerprint density at radius 1 is 1.07 bits per heavy atom. The molecule has 0 spiro atoms. The highest BCUT2D eigenvalue weighted by molar-refractivity contribution is 5.61. The summed E-state index contributed by atoms with van der Waals surface area (Å²) in [4.78, 5) is 5.37. The van der Waals surface area contributed by atoms with Gasteiger partial charge in [0.1, 0.15) is 11.9 Å². The number of fused-ring (bicyclic) bond motifs is 2.